The molecule has 0 saturated carbocycles. The zero-order valence-electron chi connectivity index (χ0n) is 15.2. The van der Waals surface area contributed by atoms with E-state index in [9.17, 15) is 19.7 Å². The van der Waals surface area contributed by atoms with Crippen LogP contribution in [0.2, 0.25) is 0 Å². The predicted octanol–water partition coefficient (Wildman–Crippen LogP) is 5.19. The fraction of sp³-hybridized carbons (Fsp3) is 0. The van der Waals surface area contributed by atoms with E-state index in [0.29, 0.717) is 21.2 Å². The van der Waals surface area contributed by atoms with Gasteiger partial charge in [0.2, 0.25) is 5.78 Å². The van der Waals surface area contributed by atoms with E-state index in [1.165, 1.54) is 42.5 Å². The average Bonchev–Trinajstić information content (AvgIpc) is 3.03. The number of esters is 1. The summed E-state index contributed by atoms with van der Waals surface area (Å²) in [6.07, 6.45) is 1.43. The fourth-order valence-corrected chi connectivity index (χ4v) is 3.35. The molecule has 0 bridgehead atoms. The zero-order valence-corrected chi connectivity index (χ0v) is 16.8. The number of hydrogen-bond donors (Lipinski definition) is 0. The number of non-ortho nitro benzene ring substituents is 1. The number of ether oxygens (including phenoxy) is 2. The minimum Gasteiger partial charge on any atom is -0.452 e. The number of fused-ring (bicyclic) bond motifs is 1. The third kappa shape index (κ3) is 3.85. The van der Waals surface area contributed by atoms with Crippen molar-refractivity contribution in [3.8, 4) is 11.5 Å². The Morgan fingerprint density at radius 2 is 1.87 bits per heavy atom. The first kappa shape index (κ1) is 19.5. The number of hydrogen-bond acceptors (Lipinski definition) is 6. The van der Waals surface area contributed by atoms with Gasteiger partial charge in [-0.3, -0.25) is 14.9 Å². The van der Waals surface area contributed by atoms with Crippen LogP contribution in [0.1, 0.15) is 26.3 Å². The highest BCUT2D eigenvalue weighted by molar-refractivity contribution is 9.10. The second-order valence-electron chi connectivity index (χ2n) is 6.32. The number of benzene rings is 3. The second kappa shape index (κ2) is 7.92. The Balaban J connectivity index is 1.57. The van der Waals surface area contributed by atoms with E-state index in [0.717, 1.165) is 0 Å². The molecule has 0 radical (unpaired) electrons. The summed E-state index contributed by atoms with van der Waals surface area (Å²) in [6.45, 7) is 0. The van der Waals surface area contributed by atoms with Gasteiger partial charge in [-0.25, -0.2) is 4.79 Å². The van der Waals surface area contributed by atoms with Crippen LogP contribution in [0.5, 0.6) is 11.5 Å². The second-order valence-corrected chi connectivity index (χ2v) is 7.17. The number of carbonyl (C=O) groups is 2. The number of nitro groups is 1. The van der Waals surface area contributed by atoms with E-state index in [1.54, 1.807) is 30.3 Å². The Bertz CT molecular complexity index is 1230. The first-order chi connectivity index (χ1) is 14.4. The molecular weight excluding hydrogens is 454 g/mol. The van der Waals surface area contributed by atoms with Gasteiger partial charge in [-0.1, -0.05) is 24.3 Å². The molecule has 7 nitrogen and oxygen atoms in total. The minimum absolute atomic E-state index is 0.0276. The molecule has 0 fully saturated rings. The van der Waals surface area contributed by atoms with Gasteiger partial charge in [0.15, 0.2) is 5.76 Å². The lowest BCUT2D eigenvalue weighted by Gasteiger charge is -2.06. The summed E-state index contributed by atoms with van der Waals surface area (Å²) in [4.78, 5) is 35.4. The summed E-state index contributed by atoms with van der Waals surface area (Å²) in [7, 11) is 0. The minimum atomic E-state index is -0.556. The van der Waals surface area contributed by atoms with Crippen molar-refractivity contribution >= 4 is 39.4 Å². The van der Waals surface area contributed by atoms with Crippen molar-refractivity contribution in [3.63, 3.8) is 0 Å². The third-order valence-electron chi connectivity index (χ3n) is 4.32. The number of halogens is 1. The van der Waals surface area contributed by atoms with Crippen LogP contribution in [0.4, 0.5) is 5.69 Å². The van der Waals surface area contributed by atoms with Crippen LogP contribution in [-0.4, -0.2) is 16.7 Å². The van der Waals surface area contributed by atoms with Crippen molar-refractivity contribution in [1.29, 1.82) is 0 Å². The van der Waals surface area contributed by atoms with Crippen molar-refractivity contribution in [1.82, 2.24) is 0 Å². The van der Waals surface area contributed by atoms with Crippen molar-refractivity contribution in [2.75, 3.05) is 0 Å². The number of allylic oxidation sites excluding steroid dienone is 1. The molecule has 0 N–H and O–H groups in total. The molecule has 0 spiro atoms. The van der Waals surface area contributed by atoms with Gasteiger partial charge in [0, 0.05) is 22.7 Å². The zero-order chi connectivity index (χ0) is 21.3. The Hall–Kier alpha value is -3.78. The van der Waals surface area contributed by atoms with E-state index >= 15 is 0 Å². The molecule has 0 unspecified atom stereocenters. The molecule has 8 heteroatoms. The van der Waals surface area contributed by atoms with Gasteiger partial charge in [-0.05, 0) is 51.8 Å². The first-order valence-electron chi connectivity index (χ1n) is 8.72. The van der Waals surface area contributed by atoms with Gasteiger partial charge in [-0.2, -0.15) is 0 Å². The summed E-state index contributed by atoms with van der Waals surface area (Å²) in [5.41, 5.74) is 1.04. The number of nitro benzene ring substituents is 1. The lowest BCUT2D eigenvalue weighted by atomic mass is 10.1. The number of rotatable bonds is 4. The molecule has 148 valence electrons. The molecule has 1 heterocycles. The maximum absolute atomic E-state index is 12.6. The van der Waals surface area contributed by atoms with Crippen LogP contribution in [0, 0.1) is 10.1 Å². The Morgan fingerprint density at radius 3 is 2.63 bits per heavy atom. The number of Topliss-reactive ketones (excluding diaryl/α,β-unsaturated/α-hetero) is 1. The van der Waals surface area contributed by atoms with E-state index < -0.39 is 10.9 Å². The molecule has 0 aliphatic carbocycles. The largest absolute Gasteiger partial charge is 0.452 e. The lowest BCUT2D eigenvalue weighted by Crippen LogP contribution is -2.09. The van der Waals surface area contributed by atoms with Crippen LogP contribution >= 0.6 is 15.9 Å². The summed E-state index contributed by atoms with van der Waals surface area (Å²) in [5, 5.41) is 10.9. The summed E-state index contributed by atoms with van der Waals surface area (Å²) >= 11 is 3.30. The summed E-state index contributed by atoms with van der Waals surface area (Å²) < 4.78 is 11.6. The Morgan fingerprint density at radius 1 is 1.07 bits per heavy atom. The van der Waals surface area contributed by atoms with Crippen molar-refractivity contribution in [3.05, 3.63) is 104 Å². The van der Waals surface area contributed by atoms with E-state index in [1.807, 2.05) is 0 Å². The normalized spacial score (nSPS) is 13.6. The van der Waals surface area contributed by atoms with Crippen molar-refractivity contribution in [2.45, 2.75) is 0 Å². The Kier molecular flexibility index (Phi) is 5.16. The number of nitrogens with zero attached hydrogens (tertiary/aromatic N) is 1. The molecule has 1 aliphatic heterocycles. The van der Waals surface area contributed by atoms with Crippen LogP contribution in [-0.2, 0) is 0 Å². The van der Waals surface area contributed by atoms with Gasteiger partial charge < -0.3 is 9.47 Å². The van der Waals surface area contributed by atoms with Crippen LogP contribution in [0.15, 0.2) is 77.0 Å². The third-order valence-corrected chi connectivity index (χ3v) is 5.02. The van der Waals surface area contributed by atoms with Gasteiger partial charge in [0.25, 0.3) is 5.69 Å². The smallest absolute Gasteiger partial charge is 0.344 e. The molecule has 3 aromatic carbocycles. The molecule has 4 rings (SSSR count). The molecule has 0 saturated heterocycles. The lowest BCUT2D eigenvalue weighted by molar-refractivity contribution is -0.384. The highest BCUT2D eigenvalue weighted by Crippen LogP contribution is 2.35. The maximum Gasteiger partial charge on any atom is 0.344 e. The molecule has 0 amide bonds. The van der Waals surface area contributed by atoms with E-state index in [-0.39, 0.29) is 28.7 Å². The number of ketones is 1. The topological polar surface area (TPSA) is 95.7 Å². The Labute approximate surface area is 178 Å². The molecular formula is C22H12BrNO6. The molecule has 1 aliphatic rings. The monoisotopic (exact) mass is 465 g/mol. The predicted molar refractivity (Wildman–Crippen MR) is 112 cm³/mol. The van der Waals surface area contributed by atoms with Crippen molar-refractivity contribution in [2.24, 2.45) is 0 Å². The number of carbonyl (C=O) groups excluding carboxylic acids is 2. The van der Waals surface area contributed by atoms with Gasteiger partial charge in [0.1, 0.15) is 11.5 Å². The van der Waals surface area contributed by atoms with Crippen LogP contribution < -0.4 is 9.47 Å². The molecule has 3 aromatic rings. The quantitative estimate of drug-likeness (QED) is 0.173. The van der Waals surface area contributed by atoms with Gasteiger partial charge in [0.05, 0.1) is 16.1 Å². The molecule has 30 heavy (non-hydrogen) atoms. The highest BCUT2D eigenvalue weighted by Gasteiger charge is 2.28. The summed E-state index contributed by atoms with van der Waals surface area (Å²) in [6, 6.07) is 17.2. The maximum atomic E-state index is 12.6. The molecule has 0 aromatic heterocycles. The fourth-order valence-electron chi connectivity index (χ4n) is 2.90. The summed E-state index contributed by atoms with van der Waals surface area (Å²) in [5.74, 6) is -0.424. The first-order valence-corrected chi connectivity index (χ1v) is 9.51. The van der Waals surface area contributed by atoms with Gasteiger partial charge >= 0.3 is 5.97 Å². The van der Waals surface area contributed by atoms with Crippen molar-refractivity contribution < 1.29 is 24.0 Å². The van der Waals surface area contributed by atoms with Crippen LogP contribution in [0.25, 0.3) is 6.08 Å². The van der Waals surface area contributed by atoms with E-state index in [4.69, 9.17) is 9.47 Å². The standard InChI is InChI=1S/C22H12BrNO6/c23-18-7-2-1-6-16(18)22(26)29-15-8-9-17-19(12-15)30-20(21(17)25)11-13-4-3-5-14(10-13)24(27)28/h1-12H. The van der Waals surface area contributed by atoms with Crippen LogP contribution in [0.3, 0.4) is 0 Å². The highest BCUT2D eigenvalue weighted by atomic mass is 79.9. The SMILES string of the molecule is O=C(Oc1ccc2c(c1)OC(=Cc1cccc([N+](=O)[O-])c1)C2=O)c1ccccc1Br. The molecule has 0 atom stereocenters. The van der Waals surface area contributed by atoms with E-state index in [2.05, 4.69) is 15.9 Å². The average molecular weight is 466 g/mol. The van der Waals surface area contributed by atoms with Gasteiger partial charge in [-0.15, -0.1) is 0 Å².